The van der Waals surface area contributed by atoms with E-state index < -0.39 is 0 Å². The van der Waals surface area contributed by atoms with E-state index in [-0.39, 0.29) is 0 Å². The number of hydrogen-bond donors (Lipinski definition) is 0. The molecule has 0 nitrogen and oxygen atoms in total. The molecule has 0 heterocycles. The van der Waals surface area contributed by atoms with Crippen LogP contribution in [0.5, 0.6) is 0 Å². The Balaban J connectivity index is -0.0000000847. The molecule has 0 amide bonds. The van der Waals surface area contributed by atoms with Crippen molar-refractivity contribution >= 4 is 0 Å². The lowest BCUT2D eigenvalue weighted by atomic mass is 10.3. The Hall–Kier alpha value is -0.700. The van der Waals surface area contributed by atoms with Crippen molar-refractivity contribution in [3.8, 4) is 12.3 Å². The zero-order valence-electron chi connectivity index (χ0n) is 8.15. The lowest BCUT2D eigenvalue weighted by molar-refractivity contribution is 1.36. The first-order valence-electron chi connectivity index (χ1n) is 3.65. The minimum atomic E-state index is 1.38. The molecule has 0 saturated heterocycles. The van der Waals surface area contributed by atoms with E-state index in [2.05, 4.69) is 32.3 Å². The summed E-state index contributed by atoms with van der Waals surface area (Å²) < 4.78 is 0. The van der Waals surface area contributed by atoms with E-state index in [0.717, 1.165) is 0 Å². The Labute approximate surface area is 66.3 Å². The topological polar surface area (TPSA) is 0 Å². The predicted molar refractivity (Wildman–Crippen MR) is 51.0 cm³/mol. The molecule has 0 fully saturated rings. The van der Waals surface area contributed by atoms with Gasteiger partial charge in [0.1, 0.15) is 0 Å². The van der Waals surface area contributed by atoms with Crippen LogP contribution in [0.25, 0.3) is 0 Å². The average Bonchev–Trinajstić information content (AvgIpc) is 1.94. The summed E-state index contributed by atoms with van der Waals surface area (Å²) in [6, 6.07) is 0. The predicted octanol–water partition coefficient (Wildman–Crippen LogP) is 3.64. The molecule has 0 radical (unpaired) electrons. The zero-order valence-corrected chi connectivity index (χ0v) is 8.15. The summed E-state index contributed by atoms with van der Waals surface area (Å²) in [6.45, 7) is 11.9. The fourth-order valence-electron chi connectivity index (χ4n) is 0. The molecule has 0 aromatic carbocycles. The summed E-state index contributed by atoms with van der Waals surface area (Å²) >= 11 is 0. The number of hydrogen-bond acceptors (Lipinski definition) is 0. The minimum Gasteiger partial charge on any atom is -0.120 e. The molecule has 10 heavy (non-hydrogen) atoms. The van der Waals surface area contributed by atoms with E-state index in [1.807, 2.05) is 20.8 Å². The summed E-state index contributed by atoms with van der Waals surface area (Å²) in [5.74, 6) is 2.25. The molecule has 60 valence electrons. The van der Waals surface area contributed by atoms with Crippen molar-refractivity contribution < 1.29 is 0 Å². The minimum absolute atomic E-state index is 1.38. The third kappa shape index (κ3) is 171. The van der Waals surface area contributed by atoms with E-state index in [1.54, 1.807) is 6.92 Å². The Kier molecular flexibility index (Phi) is 38.6. The quantitative estimate of drug-likeness (QED) is 0.356. The molecule has 0 rings (SSSR count). The highest BCUT2D eigenvalue weighted by Gasteiger charge is 1.60. The second-order valence-electron chi connectivity index (χ2n) is 1.65. The van der Waals surface area contributed by atoms with Crippen LogP contribution in [0.15, 0.2) is 11.6 Å². The molecule has 0 atom stereocenters. The van der Waals surface area contributed by atoms with Gasteiger partial charge in [-0.05, 0) is 27.7 Å². The van der Waals surface area contributed by atoms with Crippen LogP contribution in [0.4, 0.5) is 0 Å². The van der Waals surface area contributed by atoms with Crippen molar-refractivity contribution in [2.24, 2.45) is 0 Å². The summed E-state index contributed by atoms with van der Waals surface area (Å²) in [4.78, 5) is 0. The zero-order chi connectivity index (χ0) is 8.99. The molecule has 0 aliphatic carbocycles. The maximum atomic E-state index is 4.60. The normalized spacial score (nSPS) is 4.90. The van der Waals surface area contributed by atoms with Gasteiger partial charge in [0.15, 0.2) is 0 Å². The summed E-state index contributed by atoms with van der Waals surface area (Å²) in [6.07, 6.45) is 6.68. The first-order valence-corrected chi connectivity index (χ1v) is 3.65. The van der Waals surface area contributed by atoms with Crippen LogP contribution in [0.1, 0.15) is 41.5 Å². The number of rotatable bonds is 0. The molecule has 0 bridgehead atoms. The van der Waals surface area contributed by atoms with Gasteiger partial charge in [0, 0.05) is 0 Å². The molecule has 0 aromatic heterocycles. The lowest BCUT2D eigenvalue weighted by Crippen LogP contribution is -1.52. The molecule has 0 aliphatic rings. The third-order valence-corrected chi connectivity index (χ3v) is 0.577. The van der Waals surface area contributed by atoms with Crippen LogP contribution in [0.2, 0.25) is 0 Å². The Morgan fingerprint density at radius 1 is 1.30 bits per heavy atom. The van der Waals surface area contributed by atoms with E-state index in [0.29, 0.717) is 0 Å². The summed E-state index contributed by atoms with van der Waals surface area (Å²) in [7, 11) is 0. The molecule has 0 saturated carbocycles. The van der Waals surface area contributed by atoms with Crippen LogP contribution >= 0.6 is 0 Å². The Bertz CT molecular complexity index is 87.1. The maximum Gasteiger partial charge on any atom is -0.00297 e. The number of terminal acetylenes is 1. The van der Waals surface area contributed by atoms with Crippen molar-refractivity contribution in [3.63, 3.8) is 0 Å². The largest absolute Gasteiger partial charge is 0.120 e. The van der Waals surface area contributed by atoms with Crippen LogP contribution in [0.3, 0.4) is 0 Å². The lowest BCUT2D eigenvalue weighted by Gasteiger charge is -1.74. The van der Waals surface area contributed by atoms with Gasteiger partial charge in [0.25, 0.3) is 0 Å². The maximum absolute atomic E-state index is 4.60. The van der Waals surface area contributed by atoms with Crippen LogP contribution in [0, 0.1) is 12.3 Å². The van der Waals surface area contributed by atoms with Gasteiger partial charge in [0.2, 0.25) is 0 Å². The third-order valence-electron chi connectivity index (χ3n) is 0.577. The highest BCUT2D eigenvalue weighted by Crippen LogP contribution is 1.82. The molecule has 0 spiro atoms. The summed E-state index contributed by atoms with van der Waals surface area (Å²) in [5.41, 5.74) is 1.38. The molecular weight excluding hydrogens is 120 g/mol. The smallest absolute Gasteiger partial charge is 0.00297 e. The molecular formula is C10H20. The molecule has 0 unspecified atom stereocenters. The van der Waals surface area contributed by atoms with Crippen molar-refractivity contribution in [2.75, 3.05) is 0 Å². The Morgan fingerprint density at radius 2 is 1.40 bits per heavy atom. The van der Waals surface area contributed by atoms with Crippen LogP contribution in [-0.4, -0.2) is 0 Å². The second-order valence-corrected chi connectivity index (χ2v) is 1.65. The van der Waals surface area contributed by atoms with Gasteiger partial charge in [-0.1, -0.05) is 25.5 Å². The van der Waals surface area contributed by atoms with Crippen molar-refractivity contribution in [3.05, 3.63) is 11.6 Å². The fourth-order valence-corrected chi connectivity index (χ4v) is 0. The van der Waals surface area contributed by atoms with E-state index >= 15 is 0 Å². The van der Waals surface area contributed by atoms with Gasteiger partial charge in [-0.2, -0.15) is 0 Å². The van der Waals surface area contributed by atoms with Crippen molar-refractivity contribution in [2.45, 2.75) is 41.5 Å². The highest BCUT2D eigenvalue weighted by molar-refractivity contribution is 4.88. The van der Waals surface area contributed by atoms with Gasteiger partial charge in [-0.3, -0.25) is 0 Å². The fraction of sp³-hybridized carbons (Fsp3) is 0.600. The van der Waals surface area contributed by atoms with E-state index in [1.165, 1.54) is 5.57 Å². The van der Waals surface area contributed by atoms with E-state index in [9.17, 15) is 0 Å². The first-order chi connectivity index (χ1) is 4.68. The number of allylic oxidation sites excluding steroid dienone is 2. The standard InChI is InChI=1S/C5H10.C3H4.C2H6/c1-4-5(2)3;1-3-2;1-2/h4H,1-3H3;1H,2H3;1-2H3. The monoisotopic (exact) mass is 140 g/mol. The highest BCUT2D eigenvalue weighted by atomic mass is 13.7. The average molecular weight is 140 g/mol. The van der Waals surface area contributed by atoms with Gasteiger partial charge in [-0.25, -0.2) is 0 Å². The van der Waals surface area contributed by atoms with Gasteiger partial charge < -0.3 is 0 Å². The SMILES string of the molecule is C#CC.CC.CC=C(C)C. The Morgan fingerprint density at radius 3 is 1.40 bits per heavy atom. The molecule has 0 aromatic rings. The van der Waals surface area contributed by atoms with Gasteiger partial charge >= 0.3 is 0 Å². The summed E-state index contributed by atoms with van der Waals surface area (Å²) in [5, 5.41) is 0. The first kappa shape index (κ1) is 16.1. The van der Waals surface area contributed by atoms with Crippen molar-refractivity contribution in [1.82, 2.24) is 0 Å². The molecule has 0 heteroatoms. The van der Waals surface area contributed by atoms with Crippen LogP contribution in [-0.2, 0) is 0 Å². The van der Waals surface area contributed by atoms with Crippen molar-refractivity contribution in [1.29, 1.82) is 0 Å². The molecule has 0 aliphatic heterocycles. The van der Waals surface area contributed by atoms with Gasteiger partial charge in [-0.15, -0.1) is 12.3 Å². The van der Waals surface area contributed by atoms with Crippen LogP contribution < -0.4 is 0 Å². The van der Waals surface area contributed by atoms with E-state index in [4.69, 9.17) is 0 Å². The molecule has 0 N–H and O–H groups in total. The van der Waals surface area contributed by atoms with Gasteiger partial charge in [0.05, 0.1) is 0 Å². The second kappa shape index (κ2) is 23.9.